The van der Waals surface area contributed by atoms with E-state index in [0.717, 1.165) is 78.7 Å². The highest BCUT2D eigenvalue weighted by Gasteiger charge is 2.41. The molecule has 1 aliphatic carbocycles. The molecule has 7 rings (SSSR count). The molecule has 2 amide bonds. The Morgan fingerprint density at radius 2 is 1.49 bits per heavy atom. The van der Waals surface area contributed by atoms with Crippen molar-refractivity contribution in [2.45, 2.75) is 77.2 Å². The molecule has 5 aromatic carbocycles. The average molecular weight is 853 g/mol. The van der Waals surface area contributed by atoms with Gasteiger partial charge in [0.05, 0.1) is 38.3 Å². The molecule has 0 radical (unpaired) electrons. The van der Waals surface area contributed by atoms with Crippen LogP contribution in [0.3, 0.4) is 0 Å². The zero-order chi connectivity index (χ0) is 44.0. The summed E-state index contributed by atoms with van der Waals surface area (Å²) >= 11 is 0. The molecule has 4 atom stereocenters. The number of aliphatic hydroxyl groups excluding tert-OH is 1. The Morgan fingerprint density at radius 1 is 0.794 bits per heavy atom. The van der Waals surface area contributed by atoms with Crippen LogP contribution in [0.2, 0.25) is 0 Å². The summed E-state index contributed by atoms with van der Waals surface area (Å²) in [5, 5.41) is 21.0. The van der Waals surface area contributed by atoms with Gasteiger partial charge in [-0.2, -0.15) is 5.10 Å². The SMILES string of the molecule is COc1ccc(C2=NN(CCCCOc3ccc(CC(C)N(Cc4ccccc4)CC(O)c4ccc(OCc5ccccc5)c(NC=O)c4)cc3)C(=O)C3CCCCC23)cc1OC. The fraction of sp³-hybridized carbons (Fsp3) is 0.365. The third-order valence-electron chi connectivity index (χ3n) is 12.2. The van der Waals surface area contributed by atoms with E-state index < -0.39 is 6.10 Å². The molecule has 2 N–H and O–H groups in total. The Kier molecular flexibility index (Phi) is 15.9. The van der Waals surface area contributed by atoms with Gasteiger partial charge in [-0.05, 0) is 104 Å². The van der Waals surface area contributed by atoms with Gasteiger partial charge in [0.15, 0.2) is 11.5 Å². The normalized spacial score (nSPS) is 17.0. The van der Waals surface area contributed by atoms with E-state index in [2.05, 4.69) is 41.4 Å². The third kappa shape index (κ3) is 11.9. The highest BCUT2D eigenvalue weighted by molar-refractivity contribution is 6.07. The molecule has 1 fully saturated rings. The molecule has 63 heavy (non-hydrogen) atoms. The first-order chi connectivity index (χ1) is 30.8. The van der Waals surface area contributed by atoms with Gasteiger partial charge in [0.1, 0.15) is 18.1 Å². The maximum absolute atomic E-state index is 13.6. The lowest BCUT2D eigenvalue weighted by atomic mass is 9.73. The lowest BCUT2D eigenvalue weighted by molar-refractivity contribution is -0.139. The third-order valence-corrected chi connectivity index (χ3v) is 12.2. The van der Waals surface area contributed by atoms with Gasteiger partial charge in [0.2, 0.25) is 12.3 Å². The number of hydrazone groups is 1. The number of nitrogens with one attached hydrogen (secondary N) is 1. The smallest absolute Gasteiger partial charge is 0.246 e. The van der Waals surface area contributed by atoms with Gasteiger partial charge in [-0.25, -0.2) is 5.01 Å². The first kappa shape index (κ1) is 44.9. The number of methoxy groups -OCH3 is 2. The summed E-state index contributed by atoms with van der Waals surface area (Å²) in [5.74, 6) is 2.86. The maximum Gasteiger partial charge on any atom is 0.246 e. The van der Waals surface area contributed by atoms with Crippen LogP contribution in [-0.2, 0) is 29.2 Å². The van der Waals surface area contributed by atoms with E-state index in [9.17, 15) is 14.7 Å². The van der Waals surface area contributed by atoms with Gasteiger partial charge in [-0.3, -0.25) is 14.5 Å². The number of hydrogen-bond donors (Lipinski definition) is 2. The van der Waals surface area contributed by atoms with Crippen LogP contribution in [0, 0.1) is 11.8 Å². The van der Waals surface area contributed by atoms with Crippen molar-refractivity contribution in [2.24, 2.45) is 16.9 Å². The van der Waals surface area contributed by atoms with Crippen LogP contribution >= 0.6 is 0 Å². The van der Waals surface area contributed by atoms with Crippen molar-refractivity contribution >= 4 is 23.7 Å². The Balaban J connectivity index is 0.934. The van der Waals surface area contributed by atoms with E-state index in [1.807, 2.05) is 84.9 Å². The quantitative estimate of drug-likeness (QED) is 0.0523. The van der Waals surface area contributed by atoms with Gasteiger partial charge >= 0.3 is 0 Å². The molecule has 1 heterocycles. The van der Waals surface area contributed by atoms with Crippen LogP contribution < -0.4 is 24.3 Å². The van der Waals surface area contributed by atoms with E-state index in [-0.39, 0.29) is 23.8 Å². The molecule has 5 aromatic rings. The highest BCUT2D eigenvalue weighted by atomic mass is 16.5. The molecule has 0 bridgehead atoms. The van der Waals surface area contributed by atoms with Crippen molar-refractivity contribution in [1.82, 2.24) is 9.91 Å². The van der Waals surface area contributed by atoms with Gasteiger partial charge < -0.3 is 29.4 Å². The second kappa shape index (κ2) is 22.3. The molecular formula is C52H60N4O7. The summed E-state index contributed by atoms with van der Waals surface area (Å²) in [5.41, 5.74) is 6.45. The maximum atomic E-state index is 13.6. The number of anilines is 1. The predicted octanol–water partition coefficient (Wildman–Crippen LogP) is 9.23. The van der Waals surface area contributed by atoms with Crippen LogP contribution in [0.25, 0.3) is 0 Å². The Morgan fingerprint density at radius 3 is 2.21 bits per heavy atom. The number of amides is 2. The molecule has 1 saturated carbocycles. The summed E-state index contributed by atoms with van der Waals surface area (Å²) in [6, 6.07) is 39.8. The molecule has 0 spiro atoms. The van der Waals surface area contributed by atoms with Gasteiger partial charge in [0, 0.05) is 43.1 Å². The van der Waals surface area contributed by atoms with Crippen molar-refractivity contribution in [3.63, 3.8) is 0 Å². The number of nitrogens with zero attached hydrogens (tertiary/aromatic N) is 3. The largest absolute Gasteiger partial charge is 0.494 e. The Bertz CT molecular complexity index is 2270. The minimum Gasteiger partial charge on any atom is -0.494 e. The second-order valence-electron chi connectivity index (χ2n) is 16.5. The Labute approximate surface area is 371 Å². The number of unbranched alkanes of at least 4 members (excludes halogenated alkanes) is 1. The summed E-state index contributed by atoms with van der Waals surface area (Å²) in [4.78, 5) is 27.4. The fourth-order valence-corrected chi connectivity index (χ4v) is 8.71. The number of aliphatic hydroxyl groups is 1. The molecule has 0 saturated heterocycles. The molecule has 11 heteroatoms. The van der Waals surface area contributed by atoms with Crippen LogP contribution in [-0.4, -0.2) is 73.0 Å². The number of ether oxygens (including phenoxy) is 4. The van der Waals surface area contributed by atoms with E-state index in [0.29, 0.717) is 67.8 Å². The molecule has 4 unspecified atom stereocenters. The first-order valence-electron chi connectivity index (χ1n) is 22.1. The minimum atomic E-state index is -0.814. The number of carbonyl (C=O) groups excluding carboxylic acids is 2. The zero-order valence-electron chi connectivity index (χ0n) is 36.7. The summed E-state index contributed by atoms with van der Waals surface area (Å²) in [6.07, 6.45) is 6.14. The van der Waals surface area contributed by atoms with Crippen LogP contribution in [0.4, 0.5) is 5.69 Å². The van der Waals surface area contributed by atoms with Crippen molar-refractivity contribution in [3.05, 3.63) is 149 Å². The minimum absolute atomic E-state index is 0.0456. The number of benzene rings is 5. The molecule has 0 aromatic heterocycles. The van der Waals surface area contributed by atoms with Gasteiger partial charge in [-0.15, -0.1) is 0 Å². The predicted molar refractivity (Wildman–Crippen MR) is 246 cm³/mol. The number of carbonyl (C=O) groups is 2. The standard InChI is InChI=1S/C52H60N4O7/c1-37(55(33-39-14-6-4-7-15-39)34-47(58)41-22-26-48(46(31-41)53-36-57)63-35-40-16-8-5-9-17-40)30-38-20-24-43(25-21-38)62-29-13-12-28-56-52(59)45-19-11-10-18-44(45)51(54-56)42-23-27-49(60-2)50(32-42)61-3/h4-9,14-17,20-27,31-32,36-37,44-45,47,58H,10-13,18-19,28-30,33-35H2,1-3H3,(H,53,57). The lowest BCUT2D eigenvalue weighted by Crippen LogP contribution is -2.46. The lowest BCUT2D eigenvalue weighted by Gasteiger charge is -2.38. The summed E-state index contributed by atoms with van der Waals surface area (Å²) in [7, 11) is 3.26. The topological polar surface area (TPSA) is 122 Å². The van der Waals surface area contributed by atoms with E-state index in [1.54, 1.807) is 31.4 Å². The molecule has 11 nitrogen and oxygen atoms in total. The summed E-state index contributed by atoms with van der Waals surface area (Å²) < 4.78 is 23.3. The van der Waals surface area contributed by atoms with Crippen LogP contribution in [0.15, 0.2) is 126 Å². The van der Waals surface area contributed by atoms with Gasteiger partial charge in [-0.1, -0.05) is 91.7 Å². The molecule has 1 aliphatic heterocycles. The molecular weight excluding hydrogens is 793 g/mol. The number of rotatable bonds is 22. The number of fused-ring (bicyclic) bond motifs is 1. The average Bonchev–Trinajstić information content (AvgIpc) is 3.32. The monoisotopic (exact) mass is 852 g/mol. The number of hydrogen-bond acceptors (Lipinski definition) is 9. The highest BCUT2D eigenvalue weighted by Crippen LogP contribution is 2.39. The van der Waals surface area contributed by atoms with E-state index >= 15 is 0 Å². The van der Waals surface area contributed by atoms with Crippen molar-refractivity contribution in [3.8, 4) is 23.0 Å². The Hall–Kier alpha value is -6.17. The van der Waals surface area contributed by atoms with Crippen molar-refractivity contribution in [2.75, 3.05) is 39.2 Å². The fourth-order valence-electron chi connectivity index (χ4n) is 8.71. The first-order valence-corrected chi connectivity index (χ1v) is 22.1. The van der Waals surface area contributed by atoms with Crippen LogP contribution in [0.5, 0.6) is 23.0 Å². The van der Waals surface area contributed by atoms with Gasteiger partial charge in [0.25, 0.3) is 0 Å². The van der Waals surface area contributed by atoms with Crippen molar-refractivity contribution in [1.29, 1.82) is 0 Å². The molecule has 330 valence electrons. The van der Waals surface area contributed by atoms with E-state index in [1.165, 1.54) is 0 Å². The summed E-state index contributed by atoms with van der Waals surface area (Å²) in [6.45, 7) is 4.65. The van der Waals surface area contributed by atoms with E-state index in [4.69, 9.17) is 24.0 Å². The van der Waals surface area contributed by atoms with Crippen molar-refractivity contribution < 1.29 is 33.6 Å². The second-order valence-corrected chi connectivity index (χ2v) is 16.5. The molecule has 2 aliphatic rings. The zero-order valence-corrected chi connectivity index (χ0v) is 36.7. The van der Waals surface area contributed by atoms with Crippen LogP contribution in [0.1, 0.15) is 79.4 Å².